The molecule has 1 amide bonds. The first-order chi connectivity index (χ1) is 9.33. The van der Waals surface area contributed by atoms with Crippen LogP contribution in [0.4, 0.5) is 0 Å². The van der Waals surface area contributed by atoms with Crippen molar-refractivity contribution in [3.63, 3.8) is 0 Å². The zero-order valence-corrected chi connectivity index (χ0v) is 12.5. The SMILES string of the molecule is COc1ccc(S(=O)(=O)NC2CC(=O)N(C)C2)cc1C. The molecule has 6 nitrogen and oxygen atoms in total. The van der Waals surface area contributed by atoms with E-state index in [9.17, 15) is 13.2 Å². The largest absolute Gasteiger partial charge is 0.496 e. The molecule has 0 bridgehead atoms. The number of likely N-dealkylation sites (N-methyl/N-ethyl adjacent to an activating group) is 1. The molecular weight excluding hydrogens is 280 g/mol. The monoisotopic (exact) mass is 298 g/mol. The van der Waals surface area contributed by atoms with E-state index in [0.717, 1.165) is 5.56 Å². The number of likely N-dealkylation sites (tertiary alicyclic amines) is 1. The van der Waals surface area contributed by atoms with E-state index < -0.39 is 10.0 Å². The van der Waals surface area contributed by atoms with Gasteiger partial charge in [-0.05, 0) is 30.7 Å². The van der Waals surface area contributed by atoms with E-state index in [0.29, 0.717) is 12.3 Å². The third kappa shape index (κ3) is 2.94. The van der Waals surface area contributed by atoms with Crippen LogP contribution in [-0.4, -0.2) is 46.0 Å². The number of aryl methyl sites for hydroxylation is 1. The molecule has 1 heterocycles. The summed E-state index contributed by atoms with van der Waals surface area (Å²) in [7, 11) is -0.425. The Morgan fingerprint density at radius 3 is 2.60 bits per heavy atom. The summed E-state index contributed by atoms with van der Waals surface area (Å²) >= 11 is 0. The Kier molecular flexibility index (Phi) is 4.01. The molecule has 7 heteroatoms. The van der Waals surface area contributed by atoms with Crippen LogP contribution < -0.4 is 9.46 Å². The van der Waals surface area contributed by atoms with Gasteiger partial charge in [-0.1, -0.05) is 0 Å². The molecule has 0 aliphatic carbocycles. The third-order valence-electron chi connectivity index (χ3n) is 3.34. The number of carbonyl (C=O) groups excluding carboxylic acids is 1. The highest BCUT2D eigenvalue weighted by Crippen LogP contribution is 2.22. The van der Waals surface area contributed by atoms with Gasteiger partial charge in [0.15, 0.2) is 0 Å². The smallest absolute Gasteiger partial charge is 0.240 e. The van der Waals surface area contributed by atoms with Gasteiger partial charge in [-0.25, -0.2) is 13.1 Å². The van der Waals surface area contributed by atoms with Crippen molar-refractivity contribution in [2.24, 2.45) is 0 Å². The molecule has 0 aromatic heterocycles. The second-order valence-electron chi connectivity index (χ2n) is 4.93. The van der Waals surface area contributed by atoms with Crippen LogP contribution in [0.1, 0.15) is 12.0 Å². The molecule has 1 atom stereocenters. The zero-order chi connectivity index (χ0) is 14.9. The zero-order valence-electron chi connectivity index (χ0n) is 11.7. The summed E-state index contributed by atoms with van der Waals surface area (Å²) in [5.74, 6) is 0.586. The number of carbonyl (C=O) groups is 1. The highest BCUT2D eigenvalue weighted by molar-refractivity contribution is 7.89. The van der Waals surface area contributed by atoms with Crippen LogP contribution in [0.25, 0.3) is 0 Å². The first-order valence-electron chi connectivity index (χ1n) is 6.24. The van der Waals surface area contributed by atoms with Crippen molar-refractivity contribution < 1.29 is 17.9 Å². The van der Waals surface area contributed by atoms with Crippen LogP contribution in [0.15, 0.2) is 23.1 Å². The molecule has 110 valence electrons. The number of amides is 1. The second kappa shape index (κ2) is 5.41. The number of hydrogen-bond acceptors (Lipinski definition) is 4. The van der Waals surface area contributed by atoms with Gasteiger partial charge in [-0.15, -0.1) is 0 Å². The van der Waals surface area contributed by atoms with Crippen LogP contribution in [0.5, 0.6) is 5.75 Å². The molecule has 1 aromatic carbocycles. The number of ether oxygens (including phenoxy) is 1. The van der Waals surface area contributed by atoms with Crippen LogP contribution >= 0.6 is 0 Å². The summed E-state index contributed by atoms with van der Waals surface area (Å²) in [5.41, 5.74) is 0.745. The molecule has 1 saturated heterocycles. The van der Waals surface area contributed by atoms with Crippen molar-refractivity contribution in [1.82, 2.24) is 9.62 Å². The predicted octanol–water partition coefficient (Wildman–Crippen LogP) is 0.513. The molecule has 1 aliphatic rings. The lowest BCUT2D eigenvalue weighted by Gasteiger charge is -2.14. The van der Waals surface area contributed by atoms with E-state index in [-0.39, 0.29) is 23.3 Å². The maximum absolute atomic E-state index is 12.3. The fourth-order valence-corrected chi connectivity index (χ4v) is 3.56. The van der Waals surface area contributed by atoms with E-state index in [1.807, 2.05) is 0 Å². The summed E-state index contributed by atoms with van der Waals surface area (Å²) in [6, 6.07) is 4.30. The normalized spacial score (nSPS) is 19.4. The maximum atomic E-state index is 12.3. The lowest BCUT2D eigenvalue weighted by Crippen LogP contribution is -2.36. The summed E-state index contributed by atoms with van der Waals surface area (Å²) in [6.07, 6.45) is 0.199. The fraction of sp³-hybridized carbons (Fsp3) is 0.462. The van der Waals surface area contributed by atoms with Crippen molar-refractivity contribution in [1.29, 1.82) is 0 Å². The molecule has 1 N–H and O–H groups in total. The lowest BCUT2D eigenvalue weighted by molar-refractivity contribution is -0.126. The molecule has 20 heavy (non-hydrogen) atoms. The van der Waals surface area contributed by atoms with Crippen LogP contribution in [-0.2, 0) is 14.8 Å². The number of nitrogens with one attached hydrogen (secondary N) is 1. The van der Waals surface area contributed by atoms with Gasteiger partial charge in [0.2, 0.25) is 15.9 Å². The van der Waals surface area contributed by atoms with E-state index in [4.69, 9.17) is 4.74 Å². The average molecular weight is 298 g/mol. The van der Waals surface area contributed by atoms with Gasteiger partial charge >= 0.3 is 0 Å². The second-order valence-corrected chi connectivity index (χ2v) is 6.64. The Morgan fingerprint density at radius 1 is 1.40 bits per heavy atom. The number of hydrogen-bond donors (Lipinski definition) is 1. The van der Waals surface area contributed by atoms with Crippen molar-refractivity contribution in [2.75, 3.05) is 20.7 Å². The van der Waals surface area contributed by atoms with E-state index in [1.54, 1.807) is 26.1 Å². The number of rotatable bonds is 4. The number of nitrogens with zero attached hydrogens (tertiary/aromatic N) is 1. The number of methoxy groups -OCH3 is 1. The van der Waals surface area contributed by atoms with Crippen LogP contribution in [0.2, 0.25) is 0 Å². The van der Waals surface area contributed by atoms with Gasteiger partial charge < -0.3 is 9.64 Å². The van der Waals surface area contributed by atoms with Gasteiger partial charge in [-0.2, -0.15) is 0 Å². The lowest BCUT2D eigenvalue weighted by atomic mass is 10.2. The van der Waals surface area contributed by atoms with Crippen molar-refractivity contribution in [3.8, 4) is 5.75 Å². The van der Waals surface area contributed by atoms with Crippen molar-refractivity contribution in [3.05, 3.63) is 23.8 Å². The first kappa shape index (κ1) is 14.8. The average Bonchev–Trinajstić information content (AvgIpc) is 2.67. The predicted molar refractivity (Wildman–Crippen MR) is 74.1 cm³/mol. The molecule has 1 aliphatic heterocycles. The number of benzene rings is 1. The van der Waals surface area contributed by atoms with E-state index >= 15 is 0 Å². The van der Waals surface area contributed by atoms with Crippen molar-refractivity contribution >= 4 is 15.9 Å². The molecule has 0 saturated carbocycles. The Hall–Kier alpha value is -1.60. The molecule has 0 spiro atoms. The summed E-state index contributed by atoms with van der Waals surface area (Å²) in [4.78, 5) is 13.1. The van der Waals surface area contributed by atoms with Gasteiger partial charge in [0.05, 0.1) is 12.0 Å². The highest BCUT2D eigenvalue weighted by atomic mass is 32.2. The minimum absolute atomic E-state index is 0.0522. The van der Waals surface area contributed by atoms with Gasteiger partial charge in [0, 0.05) is 26.1 Å². The van der Waals surface area contributed by atoms with E-state index in [2.05, 4.69) is 4.72 Å². The first-order valence-corrected chi connectivity index (χ1v) is 7.73. The molecule has 1 fully saturated rings. The summed E-state index contributed by atoms with van der Waals surface area (Å²) in [5, 5.41) is 0. The Bertz CT molecular complexity index is 627. The van der Waals surface area contributed by atoms with Gasteiger partial charge in [0.25, 0.3) is 0 Å². The summed E-state index contributed by atoms with van der Waals surface area (Å²) < 4.78 is 32.2. The summed E-state index contributed by atoms with van der Waals surface area (Å²) in [6.45, 7) is 2.18. The van der Waals surface area contributed by atoms with Crippen molar-refractivity contribution in [2.45, 2.75) is 24.3 Å². The minimum Gasteiger partial charge on any atom is -0.496 e. The third-order valence-corrected chi connectivity index (χ3v) is 4.86. The topological polar surface area (TPSA) is 75.7 Å². The fourth-order valence-electron chi connectivity index (χ4n) is 2.25. The van der Waals surface area contributed by atoms with Gasteiger partial charge in [0.1, 0.15) is 5.75 Å². The van der Waals surface area contributed by atoms with E-state index in [1.165, 1.54) is 18.1 Å². The number of sulfonamides is 1. The quantitative estimate of drug-likeness (QED) is 0.879. The van der Waals surface area contributed by atoms with Crippen LogP contribution in [0.3, 0.4) is 0 Å². The highest BCUT2D eigenvalue weighted by Gasteiger charge is 2.30. The Balaban J connectivity index is 2.19. The minimum atomic E-state index is -3.62. The molecule has 0 radical (unpaired) electrons. The van der Waals surface area contributed by atoms with Crippen LogP contribution in [0, 0.1) is 6.92 Å². The Morgan fingerprint density at radius 2 is 2.10 bits per heavy atom. The molecule has 1 unspecified atom stereocenters. The van der Waals surface area contributed by atoms with Gasteiger partial charge in [-0.3, -0.25) is 4.79 Å². The molecular formula is C13H18N2O4S. The Labute approximate surface area is 118 Å². The maximum Gasteiger partial charge on any atom is 0.240 e. The standard InChI is InChI=1S/C13H18N2O4S/c1-9-6-11(4-5-12(9)19-3)20(17,18)14-10-7-13(16)15(2)8-10/h4-6,10,14H,7-8H2,1-3H3. The molecule has 1 aromatic rings. The molecule has 2 rings (SSSR count).